The molecule has 0 saturated carbocycles. The van der Waals surface area contributed by atoms with Gasteiger partial charge in [0, 0.05) is 6.04 Å². The third-order valence-electron chi connectivity index (χ3n) is 3.84. The molecule has 1 heterocycles. The van der Waals surface area contributed by atoms with Gasteiger partial charge in [0.2, 0.25) is 0 Å². The maximum Gasteiger partial charge on any atom is 0.416 e. The molecule has 0 saturated heterocycles. The normalized spacial score (nSPS) is 12.7. The average molecular weight is 370 g/mol. The van der Waals surface area contributed by atoms with Crippen molar-refractivity contribution in [2.24, 2.45) is 0 Å². The van der Waals surface area contributed by atoms with Crippen molar-refractivity contribution < 1.29 is 27.9 Å². The van der Waals surface area contributed by atoms with E-state index in [4.69, 9.17) is 5.11 Å². The highest BCUT2D eigenvalue weighted by Gasteiger charge is 2.31. The van der Waals surface area contributed by atoms with Crippen LogP contribution in [-0.4, -0.2) is 49.5 Å². The SMILES string of the molecule is CCC(C)N(CC(=O)O)C(=O)c1cn(-c2cccc(C(F)(F)F)c2)nn1. The molecular formula is C16H17F3N4O3. The Balaban J connectivity index is 2.31. The first-order valence-corrected chi connectivity index (χ1v) is 7.76. The first-order chi connectivity index (χ1) is 12.1. The lowest BCUT2D eigenvalue weighted by Crippen LogP contribution is -2.42. The average Bonchev–Trinajstić information content (AvgIpc) is 3.07. The number of carbonyl (C=O) groups is 2. The number of hydrogen-bond acceptors (Lipinski definition) is 4. The van der Waals surface area contributed by atoms with Gasteiger partial charge in [-0.25, -0.2) is 4.68 Å². The third-order valence-corrected chi connectivity index (χ3v) is 3.84. The summed E-state index contributed by atoms with van der Waals surface area (Å²) >= 11 is 0. The van der Waals surface area contributed by atoms with E-state index >= 15 is 0 Å². The van der Waals surface area contributed by atoms with Crippen LogP contribution in [0, 0.1) is 0 Å². The summed E-state index contributed by atoms with van der Waals surface area (Å²) in [6, 6.07) is 4.06. The van der Waals surface area contributed by atoms with Crippen molar-refractivity contribution in [3.8, 4) is 5.69 Å². The fourth-order valence-electron chi connectivity index (χ4n) is 2.25. The smallest absolute Gasteiger partial charge is 0.416 e. The topological polar surface area (TPSA) is 88.3 Å². The fourth-order valence-corrected chi connectivity index (χ4v) is 2.25. The second-order valence-electron chi connectivity index (χ2n) is 5.68. The molecule has 1 amide bonds. The summed E-state index contributed by atoms with van der Waals surface area (Å²) in [6.07, 6.45) is -2.81. The zero-order valence-electron chi connectivity index (χ0n) is 14.1. The lowest BCUT2D eigenvalue weighted by Gasteiger charge is -2.25. The Bertz CT molecular complexity index is 804. The summed E-state index contributed by atoms with van der Waals surface area (Å²) in [5.41, 5.74) is -0.922. The van der Waals surface area contributed by atoms with E-state index in [0.29, 0.717) is 6.42 Å². The monoisotopic (exact) mass is 370 g/mol. The molecule has 2 rings (SSSR count). The van der Waals surface area contributed by atoms with Crippen LogP contribution in [0.25, 0.3) is 5.69 Å². The van der Waals surface area contributed by atoms with Crippen LogP contribution in [0.3, 0.4) is 0 Å². The zero-order valence-corrected chi connectivity index (χ0v) is 14.1. The van der Waals surface area contributed by atoms with Gasteiger partial charge in [-0.3, -0.25) is 9.59 Å². The van der Waals surface area contributed by atoms with Crippen LogP contribution in [0.1, 0.15) is 36.3 Å². The molecule has 26 heavy (non-hydrogen) atoms. The van der Waals surface area contributed by atoms with E-state index in [9.17, 15) is 22.8 Å². The molecule has 1 atom stereocenters. The van der Waals surface area contributed by atoms with Gasteiger partial charge in [-0.05, 0) is 31.5 Å². The number of hydrogen-bond donors (Lipinski definition) is 1. The highest BCUT2D eigenvalue weighted by molar-refractivity contribution is 5.94. The number of amides is 1. The number of carboxylic acid groups (broad SMARTS) is 1. The number of rotatable bonds is 6. The molecule has 1 unspecified atom stereocenters. The molecule has 0 aliphatic carbocycles. The minimum absolute atomic E-state index is 0.0831. The van der Waals surface area contributed by atoms with Crippen LogP contribution in [0.15, 0.2) is 30.5 Å². The van der Waals surface area contributed by atoms with E-state index in [0.717, 1.165) is 21.7 Å². The largest absolute Gasteiger partial charge is 0.480 e. The molecule has 1 aromatic heterocycles. The van der Waals surface area contributed by atoms with Crippen LogP contribution in [0.2, 0.25) is 0 Å². The van der Waals surface area contributed by atoms with E-state index in [1.165, 1.54) is 18.3 Å². The van der Waals surface area contributed by atoms with Gasteiger partial charge in [-0.1, -0.05) is 18.2 Å². The van der Waals surface area contributed by atoms with Gasteiger partial charge in [0.15, 0.2) is 5.69 Å². The zero-order chi connectivity index (χ0) is 19.5. The number of carbonyl (C=O) groups excluding carboxylic acids is 1. The summed E-state index contributed by atoms with van der Waals surface area (Å²) in [4.78, 5) is 24.6. The second kappa shape index (κ2) is 7.54. The molecular weight excluding hydrogens is 353 g/mol. The van der Waals surface area contributed by atoms with Crippen LogP contribution in [-0.2, 0) is 11.0 Å². The Morgan fingerprint density at radius 3 is 2.62 bits per heavy atom. The second-order valence-corrected chi connectivity index (χ2v) is 5.68. The molecule has 0 fully saturated rings. The van der Waals surface area contributed by atoms with Crippen LogP contribution in [0.4, 0.5) is 13.2 Å². The van der Waals surface area contributed by atoms with E-state index in [1.54, 1.807) is 13.8 Å². The quantitative estimate of drug-likeness (QED) is 0.844. The van der Waals surface area contributed by atoms with E-state index < -0.39 is 30.2 Å². The number of aliphatic carboxylic acids is 1. The van der Waals surface area contributed by atoms with E-state index in [-0.39, 0.29) is 17.4 Å². The highest BCUT2D eigenvalue weighted by atomic mass is 19.4. The Labute approximate surface area is 147 Å². The molecule has 0 spiro atoms. The highest BCUT2D eigenvalue weighted by Crippen LogP contribution is 2.30. The van der Waals surface area contributed by atoms with Crippen molar-refractivity contribution in [2.45, 2.75) is 32.5 Å². The Hall–Kier alpha value is -2.91. The van der Waals surface area contributed by atoms with Crippen molar-refractivity contribution in [3.63, 3.8) is 0 Å². The van der Waals surface area contributed by atoms with Gasteiger partial charge >= 0.3 is 12.1 Å². The molecule has 1 aromatic carbocycles. The van der Waals surface area contributed by atoms with Crippen LogP contribution in [0.5, 0.6) is 0 Å². The molecule has 0 bridgehead atoms. The summed E-state index contributed by atoms with van der Waals surface area (Å²) < 4.78 is 39.5. The number of aromatic nitrogens is 3. The molecule has 0 radical (unpaired) electrons. The molecule has 140 valence electrons. The first kappa shape index (κ1) is 19.4. The Morgan fingerprint density at radius 1 is 1.35 bits per heavy atom. The van der Waals surface area contributed by atoms with Crippen LogP contribution >= 0.6 is 0 Å². The van der Waals surface area contributed by atoms with Gasteiger partial charge < -0.3 is 10.0 Å². The number of carboxylic acids is 1. The Kier molecular flexibility index (Phi) is 5.63. The van der Waals surface area contributed by atoms with Crippen molar-refractivity contribution in [3.05, 3.63) is 41.7 Å². The van der Waals surface area contributed by atoms with Crippen molar-refractivity contribution in [1.29, 1.82) is 0 Å². The molecule has 0 aliphatic heterocycles. The summed E-state index contributed by atoms with van der Waals surface area (Å²) in [5, 5.41) is 16.3. The molecule has 0 aliphatic rings. The lowest BCUT2D eigenvalue weighted by molar-refractivity contribution is -0.138. The van der Waals surface area contributed by atoms with Gasteiger partial charge in [0.25, 0.3) is 5.91 Å². The maximum absolute atomic E-state index is 12.8. The number of alkyl halides is 3. The minimum atomic E-state index is -4.51. The number of benzene rings is 1. The molecule has 7 nitrogen and oxygen atoms in total. The van der Waals surface area contributed by atoms with Gasteiger partial charge in [-0.15, -0.1) is 5.10 Å². The maximum atomic E-state index is 12.8. The van der Waals surface area contributed by atoms with Gasteiger partial charge in [-0.2, -0.15) is 13.2 Å². The van der Waals surface area contributed by atoms with Crippen LogP contribution < -0.4 is 0 Å². The fraction of sp³-hybridized carbons (Fsp3) is 0.375. The minimum Gasteiger partial charge on any atom is -0.480 e. The molecule has 10 heteroatoms. The van der Waals surface area contributed by atoms with Gasteiger partial charge in [0.05, 0.1) is 17.4 Å². The summed E-state index contributed by atoms with van der Waals surface area (Å²) in [6.45, 7) is 2.98. The Morgan fingerprint density at radius 2 is 2.04 bits per heavy atom. The molecule has 1 N–H and O–H groups in total. The predicted molar refractivity (Wildman–Crippen MR) is 84.8 cm³/mol. The van der Waals surface area contributed by atoms with Crippen molar-refractivity contribution in [1.82, 2.24) is 19.9 Å². The van der Waals surface area contributed by atoms with Crippen molar-refractivity contribution >= 4 is 11.9 Å². The summed E-state index contributed by atoms with van der Waals surface area (Å²) in [5.74, 6) is -1.83. The number of nitrogens with zero attached hydrogens (tertiary/aromatic N) is 4. The standard InChI is InChI=1S/C16H17F3N4O3/c1-3-10(2)22(9-14(24)25)15(26)13-8-23(21-20-13)12-6-4-5-11(7-12)16(17,18)19/h4-8,10H,3,9H2,1-2H3,(H,24,25). The third kappa shape index (κ3) is 4.38. The van der Waals surface area contributed by atoms with Gasteiger partial charge in [0.1, 0.15) is 6.54 Å². The van der Waals surface area contributed by atoms with E-state index in [1.807, 2.05) is 0 Å². The first-order valence-electron chi connectivity index (χ1n) is 7.76. The summed E-state index contributed by atoms with van der Waals surface area (Å²) in [7, 11) is 0. The van der Waals surface area contributed by atoms with Crippen molar-refractivity contribution in [2.75, 3.05) is 6.54 Å². The van der Waals surface area contributed by atoms with E-state index in [2.05, 4.69) is 10.3 Å². The number of halogens is 3. The predicted octanol–water partition coefficient (Wildman–Crippen LogP) is 2.61. The molecule has 2 aromatic rings. The lowest BCUT2D eigenvalue weighted by atomic mass is 10.2.